The Balaban J connectivity index is 1.85. The first-order valence-corrected chi connectivity index (χ1v) is 7.29. The third-order valence-corrected chi connectivity index (χ3v) is 3.78. The molecule has 0 saturated carbocycles. The van der Waals surface area contributed by atoms with Gasteiger partial charge in [-0.15, -0.1) is 0 Å². The summed E-state index contributed by atoms with van der Waals surface area (Å²) in [6.07, 6.45) is 3.44. The molecule has 6 nitrogen and oxygen atoms in total. The molecule has 1 aliphatic rings. The fraction of sp³-hybridized carbons (Fsp3) is 0.533. The summed E-state index contributed by atoms with van der Waals surface area (Å²) < 4.78 is 0. The molecule has 1 atom stereocenters. The third kappa shape index (κ3) is 4.01. The molecular formula is C15H21N3O3. The van der Waals surface area contributed by atoms with Gasteiger partial charge >= 0.3 is 5.97 Å². The van der Waals surface area contributed by atoms with E-state index in [4.69, 9.17) is 5.11 Å². The molecule has 0 radical (unpaired) electrons. The third-order valence-electron chi connectivity index (χ3n) is 3.78. The van der Waals surface area contributed by atoms with Crippen LogP contribution >= 0.6 is 0 Å². The predicted molar refractivity (Wildman–Crippen MR) is 77.9 cm³/mol. The number of aromatic carboxylic acids is 1. The molecule has 0 aliphatic carbocycles. The number of aromatic nitrogens is 1. The highest BCUT2D eigenvalue weighted by Gasteiger charge is 2.27. The van der Waals surface area contributed by atoms with Gasteiger partial charge in [0, 0.05) is 32.4 Å². The fourth-order valence-corrected chi connectivity index (χ4v) is 2.61. The number of carboxylic acids is 1. The van der Waals surface area contributed by atoms with Crippen LogP contribution in [0, 0.1) is 5.92 Å². The maximum absolute atomic E-state index is 12.1. The second kappa shape index (κ2) is 7.17. The average molecular weight is 291 g/mol. The van der Waals surface area contributed by atoms with Crippen molar-refractivity contribution in [3.05, 3.63) is 29.6 Å². The van der Waals surface area contributed by atoms with Gasteiger partial charge in [0.15, 0.2) is 0 Å². The summed E-state index contributed by atoms with van der Waals surface area (Å²) in [7, 11) is 0. The lowest BCUT2D eigenvalue weighted by Crippen LogP contribution is -2.44. The van der Waals surface area contributed by atoms with Crippen LogP contribution in [0.4, 0.5) is 0 Å². The van der Waals surface area contributed by atoms with Crippen LogP contribution in [0.25, 0.3) is 0 Å². The molecule has 0 aromatic carbocycles. The van der Waals surface area contributed by atoms with Gasteiger partial charge in [-0.2, -0.15) is 0 Å². The minimum absolute atomic E-state index is 0.0151. The molecule has 0 unspecified atom stereocenters. The maximum atomic E-state index is 12.1. The first-order valence-electron chi connectivity index (χ1n) is 7.29. The first-order chi connectivity index (χ1) is 10.1. The van der Waals surface area contributed by atoms with E-state index >= 15 is 0 Å². The number of carbonyl (C=O) groups excluding carboxylic acids is 1. The van der Waals surface area contributed by atoms with Crippen molar-refractivity contribution in [1.82, 2.24) is 15.2 Å². The van der Waals surface area contributed by atoms with Crippen molar-refractivity contribution >= 4 is 11.9 Å². The molecule has 6 heteroatoms. The van der Waals surface area contributed by atoms with Crippen molar-refractivity contribution in [2.75, 3.05) is 19.6 Å². The lowest BCUT2D eigenvalue weighted by atomic mass is 9.97. The molecule has 21 heavy (non-hydrogen) atoms. The normalized spacial score (nSPS) is 18.8. The van der Waals surface area contributed by atoms with Gasteiger partial charge in [-0.05, 0) is 31.9 Å². The van der Waals surface area contributed by atoms with Crippen LogP contribution in [0.3, 0.4) is 0 Å². The number of carbonyl (C=O) groups is 2. The van der Waals surface area contributed by atoms with Gasteiger partial charge in [0.05, 0.1) is 17.2 Å². The number of pyridine rings is 1. The van der Waals surface area contributed by atoms with Crippen LogP contribution in [0.5, 0.6) is 0 Å². The van der Waals surface area contributed by atoms with Crippen molar-refractivity contribution < 1.29 is 14.7 Å². The van der Waals surface area contributed by atoms with Gasteiger partial charge in [0.25, 0.3) is 0 Å². The number of carboxylic acid groups (broad SMARTS) is 1. The monoisotopic (exact) mass is 291 g/mol. The highest BCUT2D eigenvalue weighted by atomic mass is 16.4. The Morgan fingerprint density at radius 3 is 3.10 bits per heavy atom. The Labute approximate surface area is 124 Å². The summed E-state index contributed by atoms with van der Waals surface area (Å²) in [5.74, 6) is -0.732. The Hall–Kier alpha value is -1.95. The second-order valence-electron chi connectivity index (χ2n) is 5.23. The van der Waals surface area contributed by atoms with E-state index in [1.807, 2.05) is 11.8 Å². The summed E-state index contributed by atoms with van der Waals surface area (Å²) in [6, 6.07) is 3.02. The standard InChI is InChI=1S/C15H21N3O3/c1-2-18-7-3-4-12(14(18)19)9-16-10-13-8-11(15(20)21)5-6-17-13/h5-6,8,12,16H,2-4,7,9-10H2,1H3,(H,20,21)/t12-/m1/s1. The van der Waals surface area contributed by atoms with E-state index in [1.165, 1.54) is 12.3 Å². The molecule has 1 aromatic rings. The molecule has 1 fully saturated rings. The molecule has 1 aliphatic heterocycles. The quantitative estimate of drug-likeness (QED) is 0.821. The fourth-order valence-electron chi connectivity index (χ4n) is 2.61. The number of hydrogen-bond acceptors (Lipinski definition) is 4. The number of piperidine rings is 1. The lowest BCUT2D eigenvalue weighted by molar-refractivity contribution is -0.138. The zero-order valence-electron chi connectivity index (χ0n) is 12.2. The van der Waals surface area contributed by atoms with Crippen molar-refractivity contribution in [1.29, 1.82) is 0 Å². The maximum Gasteiger partial charge on any atom is 0.335 e. The Morgan fingerprint density at radius 2 is 2.38 bits per heavy atom. The predicted octanol–water partition coefficient (Wildman–Crippen LogP) is 1.13. The van der Waals surface area contributed by atoms with Gasteiger partial charge < -0.3 is 15.3 Å². The van der Waals surface area contributed by atoms with E-state index in [9.17, 15) is 9.59 Å². The van der Waals surface area contributed by atoms with Crippen molar-refractivity contribution in [3.8, 4) is 0 Å². The van der Waals surface area contributed by atoms with Gasteiger partial charge in [-0.25, -0.2) is 4.79 Å². The molecule has 1 saturated heterocycles. The molecular weight excluding hydrogens is 270 g/mol. The van der Waals surface area contributed by atoms with E-state index in [1.54, 1.807) is 6.07 Å². The summed E-state index contributed by atoms with van der Waals surface area (Å²) in [5.41, 5.74) is 0.901. The number of rotatable bonds is 6. The number of nitrogens with zero attached hydrogens (tertiary/aromatic N) is 2. The second-order valence-corrected chi connectivity index (χ2v) is 5.23. The molecule has 0 spiro atoms. The average Bonchev–Trinajstić information content (AvgIpc) is 2.49. The topological polar surface area (TPSA) is 82.5 Å². The van der Waals surface area contributed by atoms with Crippen LogP contribution in [0.15, 0.2) is 18.3 Å². The summed E-state index contributed by atoms with van der Waals surface area (Å²) in [4.78, 5) is 29.0. The SMILES string of the molecule is CCN1CCC[C@H](CNCc2cc(C(=O)O)ccn2)C1=O. The van der Waals surface area contributed by atoms with Gasteiger partial charge in [-0.1, -0.05) is 0 Å². The highest BCUT2D eigenvalue weighted by molar-refractivity contribution is 5.87. The van der Waals surface area contributed by atoms with Crippen LogP contribution in [0.2, 0.25) is 0 Å². The molecule has 114 valence electrons. The molecule has 1 aromatic heterocycles. The Kier molecular flexibility index (Phi) is 5.27. The summed E-state index contributed by atoms with van der Waals surface area (Å²) in [5, 5.41) is 12.1. The Morgan fingerprint density at radius 1 is 1.57 bits per heavy atom. The summed E-state index contributed by atoms with van der Waals surface area (Å²) in [6.45, 7) is 4.69. The smallest absolute Gasteiger partial charge is 0.335 e. The van der Waals surface area contributed by atoms with Crippen LogP contribution < -0.4 is 5.32 Å². The number of likely N-dealkylation sites (tertiary alicyclic amines) is 1. The largest absolute Gasteiger partial charge is 0.478 e. The van der Waals surface area contributed by atoms with Gasteiger partial charge in [0.2, 0.25) is 5.91 Å². The van der Waals surface area contributed by atoms with Gasteiger partial charge in [0.1, 0.15) is 0 Å². The van der Waals surface area contributed by atoms with Crippen molar-refractivity contribution in [2.24, 2.45) is 5.92 Å². The van der Waals surface area contributed by atoms with E-state index < -0.39 is 5.97 Å². The molecule has 0 bridgehead atoms. The minimum Gasteiger partial charge on any atom is -0.478 e. The molecule has 2 heterocycles. The molecule has 1 amide bonds. The minimum atomic E-state index is -0.959. The number of hydrogen-bond donors (Lipinski definition) is 2. The van der Waals surface area contributed by atoms with E-state index in [0.29, 0.717) is 18.8 Å². The number of amides is 1. The van der Waals surface area contributed by atoms with Crippen molar-refractivity contribution in [2.45, 2.75) is 26.3 Å². The highest BCUT2D eigenvalue weighted by Crippen LogP contribution is 2.17. The Bertz CT molecular complexity index is 519. The van der Waals surface area contributed by atoms with Crippen LogP contribution in [-0.4, -0.2) is 46.5 Å². The first kappa shape index (κ1) is 15.4. The molecule has 2 N–H and O–H groups in total. The zero-order valence-corrected chi connectivity index (χ0v) is 12.2. The van der Waals surface area contributed by atoms with Crippen LogP contribution in [-0.2, 0) is 11.3 Å². The number of nitrogens with one attached hydrogen (secondary N) is 1. The van der Waals surface area contributed by atoms with E-state index in [2.05, 4.69) is 10.3 Å². The zero-order chi connectivity index (χ0) is 15.2. The molecule has 2 rings (SSSR count). The van der Waals surface area contributed by atoms with Crippen molar-refractivity contribution in [3.63, 3.8) is 0 Å². The van der Waals surface area contributed by atoms with Crippen LogP contribution in [0.1, 0.15) is 35.8 Å². The lowest BCUT2D eigenvalue weighted by Gasteiger charge is -2.31. The van der Waals surface area contributed by atoms with E-state index in [0.717, 1.165) is 25.9 Å². The van der Waals surface area contributed by atoms with Gasteiger partial charge in [-0.3, -0.25) is 9.78 Å². The summed E-state index contributed by atoms with van der Waals surface area (Å²) >= 11 is 0. The van der Waals surface area contributed by atoms with E-state index in [-0.39, 0.29) is 17.4 Å².